The lowest BCUT2D eigenvalue weighted by Gasteiger charge is -2.49. The predicted molar refractivity (Wildman–Crippen MR) is 574 cm³/mol. The first-order valence-electron chi connectivity index (χ1n) is 48.6. The van der Waals surface area contributed by atoms with Crippen LogP contribution in [0, 0.1) is 0 Å². The molecule has 6 aliphatic heterocycles. The highest BCUT2D eigenvalue weighted by atomic mass is 15.2. The molecule has 0 fully saturated rings. The Hall–Kier alpha value is -11.1. The van der Waals surface area contributed by atoms with Gasteiger partial charge in [-0.2, -0.15) is 0 Å². The molecule has 0 N–H and O–H groups in total. The van der Waals surface area contributed by atoms with Crippen LogP contribution < -0.4 is 78.6 Å². The lowest BCUT2D eigenvalue weighted by Crippen LogP contribution is -2.67. The summed E-state index contributed by atoms with van der Waals surface area (Å²) >= 11 is 0. The Balaban J connectivity index is 0.997. The number of rotatable bonds is 6. The highest BCUT2D eigenvalue weighted by Crippen LogP contribution is 2.55. The molecule has 666 valence electrons. The minimum atomic E-state index is -0.319. The summed E-state index contributed by atoms with van der Waals surface area (Å²) in [6, 6.07) is 99.7. The Labute approximate surface area is 787 Å². The zero-order valence-corrected chi connectivity index (χ0v) is 85.0. The topological polar surface area (TPSA) is 19.4 Å². The van der Waals surface area contributed by atoms with Gasteiger partial charge >= 0.3 is 0 Å². The van der Waals surface area contributed by atoms with Crippen LogP contribution in [0.2, 0.25) is 0 Å². The molecule has 6 nitrogen and oxygen atoms in total. The SMILES string of the molecule is CC(C)(C)c1ccc(N2c3ccc(C(C)(C)C)cc3B3c4cc5c(cc4N(c4ccc(C(C)(C)C)cc4)c4cc(C(C)(C)C)cc2c43)N(c2ccc(C(C)(C)C)cc2)c2cc(C(C)(C)C)cc3c2B5c2cc4c(cc2N3c2ccc(C(C)(C)C)cc2)N(c2ccc(C(C)(C)C)cc2)c2cc(C(C)(C)C)cc3c2B4c2cc(C(C)(C)C)ccc2N3c2ccc(C(C)(C)C)cc2)cc1. The number of nitrogens with zero attached hydrogens (tertiary/aromatic N) is 6. The van der Waals surface area contributed by atoms with Gasteiger partial charge in [-0.3, -0.25) is 0 Å². The molecule has 19 rings (SSSR count). The predicted octanol–water partition coefficient (Wildman–Crippen LogP) is 28.2. The molecule has 6 heterocycles. The van der Waals surface area contributed by atoms with Crippen LogP contribution in [0.15, 0.2) is 243 Å². The van der Waals surface area contributed by atoms with Crippen LogP contribution in [0.1, 0.15) is 290 Å². The fourth-order valence-electron chi connectivity index (χ4n) is 21.5. The fraction of sp³-hybridized carbons (Fsp3) is 0.361. The lowest BCUT2D eigenvalue weighted by molar-refractivity contribution is 0.589. The highest BCUT2D eigenvalue weighted by molar-refractivity contribution is 7.04. The van der Waals surface area contributed by atoms with Gasteiger partial charge in [-0.25, -0.2) is 0 Å². The van der Waals surface area contributed by atoms with Crippen LogP contribution >= 0.6 is 0 Å². The second-order valence-electron chi connectivity index (χ2n) is 50.6. The standard InChI is InChI=1S/C122H139B3N6/c1-112(2,3)74-34-48-85(49-35-74)126-97-60-46-80(118(19,20)21)62-91(97)123-93-70-95-101(72-99(93)128(87-52-38-76(39-53-87)114(7,8)9)105-66-82(120(25,26)27)64-103(126)109(105)123)130(89-56-42-78(43-57-89)116(13,14)15)107-68-84(122(31,32)33)69-108-111(107)125(95)96-71-94-100(73-102(96)131(108)90-58-44-79(45-59-90)117(16,17)18)129(88-54-40-77(41-55-88)115(10,11)12)106-67-83(121(28,29)30)65-104-110(106)124(94)92-63-81(119(22,23)24)47-61-98(92)127(104)86-50-36-75(37-51-86)113(4,5)6/h34-73H,1-33H3. The summed E-state index contributed by atoms with van der Waals surface area (Å²) in [5.74, 6) is 0. The van der Waals surface area contributed by atoms with E-state index in [0.717, 1.165) is 34.1 Å². The van der Waals surface area contributed by atoms with Gasteiger partial charge in [-0.1, -0.05) is 338 Å². The van der Waals surface area contributed by atoms with Crippen molar-refractivity contribution in [2.24, 2.45) is 0 Å². The maximum atomic E-state index is 2.79. The van der Waals surface area contributed by atoms with Crippen LogP contribution in [-0.4, -0.2) is 20.1 Å². The summed E-state index contributed by atoms with van der Waals surface area (Å²) in [6.45, 7) is 77.6. The molecular formula is C122H139B3N6. The number of anilines is 18. The second-order valence-corrected chi connectivity index (χ2v) is 50.6. The highest BCUT2D eigenvalue weighted by Gasteiger charge is 2.53. The van der Waals surface area contributed by atoms with Gasteiger partial charge in [0.2, 0.25) is 0 Å². The summed E-state index contributed by atoms with van der Waals surface area (Å²) in [4.78, 5) is 16.2. The third kappa shape index (κ3) is 15.0. The van der Waals surface area contributed by atoms with E-state index in [-0.39, 0.29) is 79.7 Å². The second kappa shape index (κ2) is 29.7. The number of fused-ring (bicyclic) bond motifs is 12. The molecule has 0 radical (unpaired) electrons. The molecule has 0 atom stereocenters. The van der Waals surface area contributed by atoms with E-state index in [1.54, 1.807) is 0 Å². The summed E-state index contributed by atoms with van der Waals surface area (Å²) in [6.07, 6.45) is 0. The van der Waals surface area contributed by atoms with Crippen molar-refractivity contribution in [2.75, 3.05) is 29.4 Å². The minimum Gasteiger partial charge on any atom is -0.311 e. The third-order valence-electron chi connectivity index (χ3n) is 29.7. The third-order valence-corrected chi connectivity index (χ3v) is 29.7. The number of hydrogen-bond donors (Lipinski definition) is 0. The Morgan fingerprint density at radius 2 is 0.275 bits per heavy atom. The van der Waals surface area contributed by atoms with Crippen molar-refractivity contribution in [1.82, 2.24) is 0 Å². The molecule has 0 aliphatic carbocycles. The smallest absolute Gasteiger partial charge is 0.252 e. The number of benzene rings is 13. The van der Waals surface area contributed by atoms with Crippen molar-refractivity contribution < 1.29 is 0 Å². The van der Waals surface area contributed by atoms with E-state index in [0.29, 0.717) is 0 Å². The van der Waals surface area contributed by atoms with Gasteiger partial charge in [-0.05, 0) is 303 Å². The quantitative estimate of drug-likeness (QED) is 0.153. The molecule has 0 saturated carbocycles. The van der Waals surface area contributed by atoms with Crippen molar-refractivity contribution in [1.29, 1.82) is 0 Å². The minimum absolute atomic E-state index is 0.0398. The van der Waals surface area contributed by atoms with Crippen LogP contribution in [0.25, 0.3) is 0 Å². The van der Waals surface area contributed by atoms with Crippen LogP contribution in [0.4, 0.5) is 102 Å². The molecule has 0 spiro atoms. The normalized spacial score (nSPS) is 14.9. The molecular weight excluding hydrogens is 1580 g/mol. The van der Waals surface area contributed by atoms with Gasteiger partial charge in [0.1, 0.15) is 0 Å². The van der Waals surface area contributed by atoms with Gasteiger partial charge in [-0.15, -0.1) is 0 Å². The van der Waals surface area contributed by atoms with Crippen molar-refractivity contribution in [2.45, 2.75) is 288 Å². The largest absolute Gasteiger partial charge is 0.311 e. The van der Waals surface area contributed by atoms with Crippen LogP contribution in [0.3, 0.4) is 0 Å². The Morgan fingerprint density at radius 1 is 0.130 bits per heavy atom. The van der Waals surface area contributed by atoms with Crippen molar-refractivity contribution >= 4 is 172 Å². The van der Waals surface area contributed by atoms with E-state index in [2.05, 4.69) is 501 Å². The van der Waals surface area contributed by atoms with Gasteiger partial charge in [0, 0.05) is 102 Å². The molecule has 0 bridgehead atoms. The monoisotopic (exact) mass is 1720 g/mol. The Bertz CT molecular complexity index is 6370. The molecule has 13 aromatic carbocycles. The lowest BCUT2D eigenvalue weighted by atomic mass is 9.29. The average molecular weight is 1720 g/mol. The van der Waals surface area contributed by atoms with E-state index >= 15 is 0 Å². The summed E-state index contributed by atoms with van der Waals surface area (Å²) in [7, 11) is 0. The molecule has 0 aromatic heterocycles. The Kier molecular flexibility index (Phi) is 20.2. The van der Waals surface area contributed by atoms with E-state index in [4.69, 9.17) is 0 Å². The number of hydrogen-bond acceptors (Lipinski definition) is 6. The van der Waals surface area contributed by atoms with Gasteiger partial charge in [0.15, 0.2) is 0 Å². The molecule has 6 aliphatic rings. The van der Waals surface area contributed by atoms with Gasteiger partial charge in [0.25, 0.3) is 20.1 Å². The zero-order valence-electron chi connectivity index (χ0n) is 85.0. The molecule has 131 heavy (non-hydrogen) atoms. The summed E-state index contributed by atoms with van der Waals surface area (Å²) < 4.78 is 0. The first-order chi connectivity index (χ1) is 60.9. The summed E-state index contributed by atoms with van der Waals surface area (Å²) in [5.41, 5.74) is 45.6. The maximum Gasteiger partial charge on any atom is 0.252 e. The average Bonchev–Trinajstić information content (AvgIpc) is 0.676. The van der Waals surface area contributed by atoms with Crippen LogP contribution in [0.5, 0.6) is 0 Å². The van der Waals surface area contributed by atoms with E-state index in [1.807, 2.05) is 0 Å². The maximum absolute atomic E-state index is 2.79. The molecule has 0 amide bonds. The molecule has 0 unspecified atom stereocenters. The van der Waals surface area contributed by atoms with Gasteiger partial charge in [0.05, 0.1) is 0 Å². The summed E-state index contributed by atoms with van der Waals surface area (Å²) in [5, 5.41) is 0. The molecule has 0 saturated heterocycles. The fourth-order valence-corrected chi connectivity index (χ4v) is 21.5. The van der Waals surface area contributed by atoms with Crippen molar-refractivity contribution in [3.63, 3.8) is 0 Å². The van der Waals surface area contributed by atoms with E-state index in [1.165, 1.54) is 179 Å². The zero-order chi connectivity index (χ0) is 93.9. The van der Waals surface area contributed by atoms with E-state index < -0.39 is 0 Å². The van der Waals surface area contributed by atoms with Crippen molar-refractivity contribution in [3.8, 4) is 0 Å². The van der Waals surface area contributed by atoms with Crippen LogP contribution in [-0.2, 0) is 59.6 Å². The molecule has 13 aromatic rings. The van der Waals surface area contributed by atoms with Gasteiger partial charge < -0.3 is 29.4 Å². The first kappa shape index (κ1) is 89.1. The first-order valence-corrected chi connectivity index (χ1v) is 48.6. The Morgan fingerprint density at radius 3 is 0.435 bits per heavy atom. The van der Waals surface area contributed by atoms with Crippen molar-refractivity contribution in [3.05, 3.63) is 304 Å². The van der Waals surface area contributed by atoms with E-state index in [9.17, 15) is 0 Å². The molecule has 9 heteroatoms.